The molecule has 0 spiro atoms. The average Bonchev–Trinajstić information content (AvgIpc) is 2.79. The van der Waals surface area contributed by atoms with Gasteiger partial charge >= 0.3 is 5.97 Å². The number of carboxylic acids is 1. The van der Waals surface area contributed by atoms with Crippen molar-refractivity contribution in [2.75, 3.05) is 5.73 Å². The van der Waals surface area contributed by atoms with Crippen LogP contribution in [0.15, 0.2) is 36.4 Å². The maximum Gasteiger partial charge on any atom is 0.312 e. The fourth-order valence-electron chi connectivity index (χ4n) is 2.10. The lowest BCUT2D eigenvalue weighted by atomic mass is 10.1. The van der Waals surface area contributed by atoms with Gasteiger partial charge in [0.2, 0.25) is 5.78 Å². The monoisotopic (exact) mass is 272 g/mol. The molecule has 104 valence electrons. The molecule has 20 heavy (non-hydrogen) atoms. The number of carbonyl (C=O) groups excluding carboxylic acids is 1. The summed E-state index contributed by atoms with van der Waals surface area (Å²) < 4.78 is 1.62. The topological polar surface area (TPSA) is 85.3 Å². The molecule has 1 aromatic heterocycles. The zero-order chi connectivity index (χ0) is 14.9. The normalized spacial score (nSPS) is 12.1. The third-order valence-electron chi connectivity index (χ3n) is 3.38. The molecule has 0 saturated carbocycles. The molecule has 3 N–H and O–H groups in total. The van der Waals surface area contributed by atoms with E-state index in [0.717, 1.165) is 0 Å². The Morgan fingerprint density at radius 3 is 2.30 bits per heavy atom. The van der Waals surface area contributed by atoms with Crippen LogP contribution in [-0.2, 0) is 11.8 Å². The largest absolute Gasteiger partial charge is 0.481 e. The molecule has 0 amide bonds. The zero-order valence-electron chi connectivity index (χ0n) is 11.3. The summed E-state index contributed by atoms with van der Waals surface area (Å²) in [6.07, 6.45) is 0. The van der Waals surface area contributed by atoms with E-state index in [1.165, 1.54) is 0 Å². The van der Waals surface area contributed by atoms with E-state index < -0.39 is 11.9 Å². The van der Waals surface area contributed by atoms with Crippen LogP contribution in [0.1, 0.15) is 34.6 Å². The second-order valence-corrected chi connectivity index (χ2v) is 4.71. The fraction of sp³-hybridized carbons (Fsp3) is 0.200. The molecule has 1 heterocycles. The molecule has 0 aliphatic carbocycles. The molecule has 2 aromatic rings. The van der Waals surface area contributed by atoms with Crippen LogP contribution in [0.3, 0.4) is 0 Å². The summed E-state index contributed by atoms with van der Waals surface area (Å²) in [5, 5.41) is 9.04. The van der Waals surface area contributed by atoms with Gasteiger partial charge in [0.15, 0.2) is 0 Å². The van der Waals surface area contributed by atoms with Gasteiger partial charge in [-0.3, -0.25) is 9.59 Å². The Hall–Kier alpha value is -2.56. The van der Waals surface area contributed by atoms with Crippen molar-refractivity contribution in [3.05, 3.63) is 53.3 Å². The number of hydrogen-bond donors (Lipinski definition) is 2. The number of rotatable bonds is 4. The van der Waals surface area contributed by atoms with Gasteiger partial charge in [0.25, 0.3) is 0 Å². The van der Waals surface area contributed by atoms with Crippen LogP contribution in [0.2, 0.25) is 0 Å². The summed E-state index contributed by atoms with van der Waals surface area (Å²) in [4.78, 5) is 23.4. The highest BCUT2D eigenvalue weighted by atomic mass is 16.4. The van der Waals surface area contributed by atoms with Gasteiger partial charge < -0.3 is 15.4 Å². The number of aliphatic carboxylic acids is 1. The smallest absolute Gasteiger partial charge is 0.312 e. The van der Waals surface area contributed by atoms with E-state index in [1.807, 2.05) is 0 Å². The first kappa shape index (κ1) is 13.9. The quantitative estimate of drug-likeness (QED) is 0.658. The minimum atomic E-state index is -0.919. The van der Waals surface area contributed by atoms with Crippen LogP contribution in [-0.4, -0.2) is 21.4 Å². The summed E-state index contributed by atoms with van der Waals surface area (Å²) in [5.74, 6) is -1.73. The number of hydrogen-bond acceptors (Lipinski definition) is 3. The Balaban J connectivity index is 2.37. The molecule has 0 bridgehead atoms. The van der Waals surface area contributed by atoms with Gasteiger partial charge in [0.1, 0.15) is 0 Å². The highest BCUT2D eigenvalue weighted by molar-refractivity contribution is 6.08. The predicted octanol–water partition coefficient (Wildman–Crippen LogP) is 2.03. The summed E-state index contributed by atoms with van der Waals surface area (Å²) >= 11 is 0. The van der Waals surface area contributed by atoms with Crippen LogP contribution >= 0.6 is 0 Å². The Labute approximate surface area is 116 Å². The molecular weight excluding hydrogens is 256 g/mol. The van der Waals surface area contributed by atoms with Crippen molar-refractivity contribution in [1.82, 2.24) is 4.57 Å². The molecule has 0 fully saturated rings. The van der Waals surface area contributed by atoms with Gasteiger partial charge in [-0.25, -0.2) is 0 Å². The molecule has 5 heteroatoms. The summed E-state index contributed by atoms with van der Waals surface area (Å²) in [5.41, 5.74) is 7.76. The predicted molar refractivity (Wildman–Crippen MR) is 75.8 cm³/mol. The molecule has 0 aliphatic rings. The van der Waals surface area contributed by atoms with E-state index in [1.54, 1.807) is 54.9 Å². The Bertz CT molecular complexity index is 656. The average molecular weight is 272 g/mol. The van der Waals surface area contributed by atoms with Gasteiger partial charge in [-0.2, -0.15) is 0 Å². The van der Waals surface area contributed by atoms with Gasteiger partial charge in [0, 0.05) is 24.0 Å². The highest BCUT2D eigenvalue weighted by Crippen LogP contribution is 2.20. The summed E-state index contributed by atoms with van der Waals surface area (Å²) in [6.45, 7) is 1.59. The molecule has 0 aliphatic heterocycles. The molecule has 2 rings (SSSR count). The molecule has 1 aromatic carbocycles. The van der Waals surface area contributed by atoms with Gasteiger partial charge in [-0.1, -0.05) is 0 Å². The summed E-state index contributed by atoms with van der Waals surface area (Å²) in [6, 6.07) is 9.96. The van der Waals surface area contributed by atoms with Gasteiger partial charge in [-0.15, -0.1) is 0 Å². The first-order valence-corrected chi connectivity index (χ1v) is 6.20. The van der Waals surface area contributed by atoms with Crippen molar-refractivity contribution < 1.29 is 14.7 Å². The SMILES string of the molecule is CC(C(=O)O)c1ccc(C(=O)c2ccc(N)cc2)n1C. The number of nitrogens with zero attached hydrogens (tertiary/aromatic N) is 1. The third kappa shape index (κ3) is 2.42. The van der Waals surface area contributed by atoms with E-state index in [-0.39, 0.29) is 5.78 Å². The van der Waals surface area contributed by atoms with Crippen molar-refractivity contribution >= 4 is 17.4 Å². The fourth-order valence-corrected chi connectivity index (χ4v) is 2.10. The van der Waals surface area contributed by atoms with E-state index in [0.29, 0.717) is 22.6 Å². The van der Waals surface area contributed by atoms with Crippen LogP contribution in [0.5, 0.6) is 0 Å². The number of benzene rings is 1. The number of carbonyl (C=O) groups is 2. The molecular formula is C15H16N2O3. The minimum Gasteiger partial charge on any atom is -0.481 e. The zero-order valence-corrected chi connectivity index (χ0v) is 11.3. The van der Waals surface area contributed by atoms with Crippen molar-refractivity contribution in [2.45, 2.75) is 12.8 Å². The molecule has 5 nitrogen and oxygen atoms in total. The standard InChI is InChI=1S/C15H16N2O3/c1-9(15(19)20)12-7-8-13(17(12)2)14(18)10-3-5-11(16)6-4-10/h3-9H,16H2,1-2H3,(H,19,20). The van der Waals surface area contributed by atoms with E-state index in [2.05, 4.69) is 0 Å². The molecule has 0 radical (unpaired) electrons. The van der Waals surface area contributed by atoms with Gasteiger partial charge in [0.05, 0.1) is 11.6 Å². The Kier molecular flexibility index (Phi) is 3.61. The van der Waals surface area contributed by atoms with E-state index in [4.69, 9.17) is 10.8 Å². The maximum absolute atomic E-state index is 12.4. The number of carboxylic acid groups (broad SMARTS) is 1. The number of nitrogens with two attached hydrogens (primary N) is 1. The highest BCUT2D eigenvalue weighted by Gasteiger charge is 2.21. The third-order valence-corrected chi connectivity index (χ3v) is 3.38. The minimum absolute atomic E-state index is 0.156. The molecule has 1 unspecified atom stereocenters. The molecule has 1 atom stereocenters. The van der Waals surface area contributed by atoms with E-state index >= 15 is 0 Å². The van der Waals surface area contributed by atoms with Crippen molar-refractivity contribution in [2.24, 2.45) is 7.05 Å². The first-order chi connectivity index (χ1) is 9.41. The van der Waals surface area contributed by atoms with Crippen LogP contribution < -0.4 is 5.73 Å². The number of aromatic nitrogens is 1. The lowest BCUT2D eigenvalue weighted by Gasteiger charge is -2.10. The lowest BCUT2D eigenvalue weighted by Crippen LogP contribution is -2.14. The van der Waals surface area contributed by atoms with Crippen molar-refractivity contribution in [3.8, 4) is 0 Å². The first-order valence-electron chi connectivity index (χ1n) is 6.20. The van der Waals surface area contributed by atoms with Crippen molar-refractivity contribution in [3.63, 3.8) is 0 Å². The van der Waals surface area contributed by atoms with Crippen molar-refractivity contribution in [1.29, 1.82) is 0 Å². The van der Waals surface area contributed by atoms with Crippen LogP contribution in [0.25, 0.3) is 0 Å². The second kappa shape index (κ2) is 5.21. The lowest BCUT2D eigenvalue weighted by molar-refractivity contribution is -0.138. The van der Waals surface area contributed by atoms with Crippen LogP contribution in [0.4, 0.5) is 5.69 Å². The Morgan fingerprint density at radius 2 is 1.75 bits per heavy atom. The van der Waals surface area contributed by atoms with E-state index in [9.17, 15) is 9.59 Å². The van der Waals surface area contributed by atoms with Gasteiger partial charge in [-0.05, 0) is 43.3 Å². The number of ketones is 1. The second-order valence-electron chi connectivity index (χ2n) is 4.71. The number of anilines is 1. The number of nitrogen functional groups attached to an aromatic ring is 1. The summed E-state index contributed by atoms with van der Waals surface area (Å²) in [7, 11) is 1.69. The molecule has 0 saturated heterocycles. The Morgan fingerprint density at radius 1 is 1.15 bits per heavy atom. The van der Waals surface area contributed by atoms with Crippen LogP contribution in [0, 0.1) is 0 Å². The maximum atomic E-state index is 12.4.